The third kappa shape index (κ3) is 3.72. The van der Waals surface area contributed by atoms with E-state index in [0.29, 0.717) is 23.9 Å². The number of amidine groups is 1. The zero-order valence-corrected chi connectivity index (χ0v) is 11.7. The molecule has 0 bridgehead atoms. The van der Waals surface area contributed by atoms with E-state index in [4.69, 9.17) is 20.6 Å². The van der Waals surface area contributed by atoms with Gasteiger partial charge in [0, 0.05) is 0 Å². The number of para-hydroxylation sites is 2. The van der Waals surface area contributed by atoms with Crippen LogP contribution in [0, 0.1) is 11.2 Å². The first-order chi connectivity index (χ1) is 10.1. The van der Waals surface area contributed by atoms with E-state index in [9.17, 15) is 4.39 Å². The van der Waals surface area contributed by atoms with E-state index < -0.39 is 5.82 Å². The summed E-state index contributed by atoms with van der Waals surface area (Å²) < 4.78 is 24.6. The van der Waals surface area contributed by atoms with Crippen molar-refractivity contribution >= 4 is 5.84 Å². The van der Waals surface area contributed by atoms with Crippen molar-refractivity contribution in [3.05, 3.63) is 53.8 Å². The molecule has 0 heterocycles. The average Bonchev–Trinajstić information content (AvgIpc) is 2.48. The van der Waals surface area contributed by atoms with Crippen LogP contribution >= 0.6 is 0 Å². The van der Waals surface area contributed by atoms with Gasteiger partial charge in [0.1, 0.15) is 17.4 Å². The predicted octanol–water partition coefficient (Wildman–Crippen LogP) is 3.69. The summed E-state index contributed by atoms with van der Waals surface area (Å²) in [6, 6.07) is 11.1. The average molecular weight is 288 g/mol. The standard InChI is InChI=1S/C16H17FN2O2/c1-2-9-20-14-5-3-4-6-15(14)21-13-8-7-11(17)10-12(13)16(18)19/h3-8,10H,2,9H2,1H3,(H3,18,19). The molecule has 2 rings (SSSR count). The molecule has 0 saturated carbocycles. The summed E-state index contributed by atoms with van der Waals surface area (Å²) in [5, 5.41) is 7.50. The maximum atomic E-state index is 13.3. The molecule has 5 heteroatoms. The van der Waals surface area contributed by atoms with Crippen LogP contribution in [-0.2, 0) is 0 Å². The highest BCUT2D eigenvalue weighted by Crippen LogP contribution is 2.33. The summed E-state index contributed by atoms with van der Waals surface area (Å²) >= 11 is 0. The van der Waals surface area contributed by atoms with Crippen LogP contribution in [0.25, 0.3) is 0 Å². The van der Waals surface area contributed by atoms with E-state index in [1.165, 1.54) is 18.2 Å². The molecule has 0 atom stereocenters. The monoisotopic (exact) mass is 288 g/mol. The molecule has 0 aromatic heterocycles. The summed E-state index contributed by atoms with van der Waals surface area (Å²) in [7, 11) is 0. The lowest BCUT2D eigenvalue weighted by atomic mass is 10.2. The van der Waals surface area contributed by atoms with Crippen molar-refractivity contribution < 1.29 is 13.9 Å². The fraction of sp³-hybridized carbons (Fsp3) is 0.188. The smallest absolute Gasteiger partial charge is 0.169 e. The molecule has 0 aliphatic heterocycles. The summed E-state index contributed by atoms with van der Waals surface area (Å²) in [5.74, 6) is 0.689. The van der Waals surface area contributed by atoms with E-state index in [1.54, 1.807) is 12.1 Å². The van der Waals surface area contributed by atoms with E-state index in [1.807, 2.05) is 19.1 Å². The minimum atomic E-state index is -0.469. The van der Waals surface area contributed by atoms with Crippen molar-refractivity contribution in [2.75, 3.05) is 6.61 Å². The summed E-state index contributed by atoms with van der Waals surface area (Å²) in [5.41, 5.74) is 5.67. The molecule has 0 aliphatic rings. The van der Waals surface area contributed by atoms with Crippen LogP contribution in [0.1, 0.15) is 18.9 Å². The van der Waals surface area contributed by atoms with Crippen LogP contribution in [0.3, 0.4) is 0 Å². The molecule has 4 nitrogen and oxygen atoms in total. The minimum Gasteiger partial charge on any atom is -0.490 e. The van der Waals surface area contributed by atoms with Crippen molar-refractivity contribution in [3.8, 4) is 17.2 Å². The van der Waals surface area contributed by atoms with Gasteiger partial charge in [-0.15, -0.1) is 0 Å². The summed E-state index contributed by atoms with van der Waals surface area (Å²) in [6.07, 6.45) is 0.879. The van der Waals surface area contributed by atoms with Gasteiger partial charge < -0.3 is 15.2 Å². The largest absolute Gasteiger partial charge is 0.490 e. The van der Waals surface area contributed by atoms with Gasteiger partial charge in [-0.05, 0) is 36.8 Å². The second-order valence-electron chi connectivity index (χ2n) is 4.45. The van der Waals surface area contributed by atoms with Crippen LogP contribution in [0.2, 0.25) is 0 Å². The van der Waals surface area contributed by atoms with Crippen LogP contribution in [0.5, 0.6) is 17.2 Å². The lowest BCUT2D eigenvalue weighted by molar-refractivity contribution is 0.302. The third-order valence-electron chi connectivity index (χ3n) is 2.76. The van der Waals surface area contributed by atoms with Crippen molar-refractivity contribution in [2.45, 2.75) is 13.3 Å². The van der Waals surface area contributed by atoms with Gasteiger partial charge in [0.25, 0.3) is 0 Å². The van der Waals surface area contributed by atoms with Gasteiger partial charge >= 0.3 is 0 Å². The van der Waals surface area contributed by atoms with Gasteiger partial charge in [-0.1, -0.05) is 19.1 Å². The second kappa shape index (κ2) is 6.74. The maximum Gasteiger partial charge on any atom is 0.169 e. The Balaban J connectivity index is 2.32. The van der Waals surface area contributed by atoms with Crippen LogP contribution in [0.15, 0.2) is 42.5 Å². The molecule has 0 unspecified atom stereocenters. The number of nitrogen functional groups attached to an aromatic ring is 1. The van der Waals surface area contributed by atoms with Gasteiger partial charge in [0.15, 0.2) is 11.5 Å². The molecular formula is C16H17FN2O2. The van der Waals surface area contributed by atoms with E-state index in [-0.39, 0.29) is 11.4 Å². The van der Waals surface area contributed by atoms with Crippen molar-refractivity contribution in [3.63, 3.8) is 0 Å². The highest BCUT2D eigenvalue weighted by molar-refractivity contribution is 5.97. The highest BCUT2D eigenvalue weighted by Gasteiger charge is 2.12. The molecule has 21 heavy (non-hydrogen) atoms. The fourth-order valence-electron chi connectivity index (χ4n) is 1.79. The highest BCUT2D eigenvalue weighted by atomic mass is 19.1. The number of hydrogen-bond donors (Lipinski definition) is 2. The molecule has 3 N–H and O–H groups in total. The quantitative estimate of drug-likeness (QED) is 0.629. The summed E-state index contributed by atoms with van der Waals surface area (Å²) in [4.78, 5) is 0. The Morgan fingerprint density at radius 1 is 1.14 bits per heavy atom. The Labute approximate surface area is 122 Å². The molecule has 2 aromatic carbocycles. The number of ether oxygens (including phenoxy) is 2. The Hall–Kier alpha value is -2.56. The third-order valence-corrected chi connectivity index (χ3v) is 2.76. The van der Waals surface area contributed by atoms with Gasteiger partial charge in [0.05, 0.1) is 12.2 Å². The van der Waals surface area contributed by atoms with E-state index in [2.05, 4.69) is 0 Å². The fourth-order valence-corrected chi connectivity index (χ4v) is 1.79. The Kier molecular flexibility index (Phi) is 4.77. The van der Waals surface area contributed by atoms with Gasteiger partial charge in [-0.25, -0.2) is 4.39 Å². The molecule has 0 spiro atoms. The second-order valence-corrected chi connectivity index (χ2v) is 4.45. The van der Waals surface area contributed by atoms with Crippen LogP contribution in [0.4, 0.5) is 4.39 Å². The van der Waals surface area contributed by atoms with E-state index >= 15 is 0 Å². The number of hydrogen-bond acceptors (Lipinski definition) is 3. The van der Waals surface area contributed by atoms with Crippen molar-refractivity contribution in [2.24, 2.45) is 5.73 Å². The Morgan fingerprint density at radius 2 is 1.86 bits per heavy atom. The van der Waals surface area contributed by atoms with E-state index in [0.717, 1.165) is 6.42 Å². The number of nitrogens with one attached hydrogen (secondary N) is 1. The number of rotatable bonds is 6. The molecule has 0 saturated heterocycles. The molecule has 0 radical (unpaired) electrons. The molecule has 0 aliphatic carbocycles. The zero-order chi connectivity index (χ0) is 15.2. The first kappa shape index (κ1) is 14.8. The first-order valence-corrected chi connectivity index (χ1v) is 6.65. The maximum absolute atomic E-state index is 13.3. The molecule has 0 fully saturated rings. The molecule has 0 amide bonds. The predicted molar refractivity (Wildman–Crippen MR) is 79.7 cm³/mol. The number of halogens is 1. The SMILES string of the molecule is CCCOc1ccccc1Oc1ccc(F)cc1C(=N)N. The van der Waals surface area contributed by atoms with Crippen LogP contribution < -0.4 is 15.2 Å². The number of nitrogens with two attached hydrogens (primary N) is 1. The van der Waals surface area contributed by atoms with Gasteiger partial charge in [0.2, 0.25) is 0 Å². The normalized spacial score (nSPS) is 10.2. The lowest BCUT2D eigenvalue weighted by Gasteiger charge is -2.14. The van der Waals surface area contributed by atoms with Gasteiger partial charge in [-0.3, -0.25) is 5.41 Å². The Morgan fingerprint density at radius 3 is 2.52 bits per heavy atom. The Bertz CT molecular complexity index is 644. The molecule has 110 valence electrons. The summed E-state index contributed by atoms with van der Waals surface area (Å²) in [6.45, 7) is 2.58. The first-order valence-electron chi connectivity index (χ1n) is 6.65. The van der Waals surface area contributed by atoms with Crippen molar-refractivity contribution in [1.82, 2.24) is 0 Å². The number of benzene rings is 2. The minimum absolute atomic E-state index is 0.209. The topological polar surface area (TPSA) is 68.3 Å². The lowest BCUT2D eigenvalue weighted by Crippen LogP contribution is -2.12. The van der Waals surface area contributed by atoms with Crippen LogP contribution in [-0.4, -0.2) is 12.4 Å². The molecular weight excluding hydrogens is 271 g/mol. The molecule has 2 aromatic rings. The van der Waals surface area contributed by atoms with Crippen molar-refractivity contribution in [1.29, 1.82) is 5.41 Å². The van der Waals surface area contributed by atoms with Gasteiger partial charge in [-0.2, -0.15) is 0 Å². The zero-order valence-electron chi connectivity index (χ0n) is 11.7.